The van der Waals surface area contributed by atoms with Crippen LogP contribution in [0.5, 0.6) is 0 Å². The molecule has 132 valence electrons. The van der Waals surface area contributed by atoms with Crippen molar-refractivity contribution in [3.8, 4) is 0 Å². The topological polar surface area (TPSA) is 70.7 Å². The first-order valence-electron chi connectivity index (χ1n) is 8.56. The second kappa shape index (κ2) is 9.27. The Hall–Kier alpha value is -2.08. The number of rotatable bonds is 6. The fourth-order valence-electron chi connectivity index (χ4n) is 2.78. The predicted molar refractivity (Wildman–Crippen MR) is 92.6 cm³/mol. The monoisotopic (exact) mass is 333 g/mol. The molecule has 0 aromatic heterocycles. The predicted octanol–water partition coefficient (Wildman–Crippen LogP) is 1.82. The minimum atomic E-state index is -0.244. The Bertz CT molecular complexity index is 554. The number of hydrogen-bond acceptors (Lipinski definition) is 4. The molecule has 6 heteroatoms. The molecule has 0 unspecified atom stereocenters. The van der Waals surface area contributed by atoms with Crippen LogP contribution in [0.15, 0.2) is 24.3 Å². The number of piperidine rings is 1. The van der Waals surface area contributed by atoms with Crippen molar-refractivity contribution < 1.29 is 14.3 Å². The number of likely N-dealkylation sites (tertiary alicyclic amines) is 1. The van der Waals surface area contributed by atoms with Crippen molar-refractivity contribution in [2.75, 3.05) is 26.2 Å². The molecule has 24 heavy (non-hydrogen) atoms. The summed E-state index contributed by atoms with van der Waals surface area (Å²) in [5.41, 5.74) is 2.31. The first kappa shape index (κ1) is 18.3. The van der Waals surface area contributed by atoms with Crippen LogP contribution in [0.3, 0.4) is 0 Å². The van der Waals surface area contributed by atoms with Crippen LogP contribution in [0, 0.1) is 6.92 Å². The lowest BCUT2D eigenvalue weighted by Gasteiger charge is -2.31. The molecule has 0 aliphatic carbocycles. The van der Waals surface area contributed by atoms with Gasteiger partial charge in [0.2, 0.25) is 5.91 Å². The van der Waals surface area contributed by atoms with Crippen molar-refractivity contribution in [1.29, 1.82) is 0 Å². The molecule has 2 rings (SSSR count). The quantitative estimate of drug-likeness (QED) is 0.833. The van der Waals surface area contributed by atoms with Gasteiger partial charge in [0.1, 0.15) is 0 Å². The molecule has 0 radical (unpaired) electrons. The number of ether oxygens (including phenoxy) is 1. The molecule has 1 heterocycles. The van der Waals surface area contributed by atoms with Crippen LogP contribution in [0.1, 0.15) is 30.9 Å². The zero-order chi connectivity index (χ0) is 17.4. The van der Waals surface area contributed by atoms with Gasteiger partial charge in [0, 0.05) is 25.7 Å². The summed E-state index contributed by atoms with van der Waals surface area (Å²) in [5.74, 6) is -0.00826. The van der Waals surface area contributed by atoms with Crippen molar-refractivity contribution >= 4 is 12.0 Å². The summed E-state index contributed by atoms with van der Waals surface area (Å²) in [6.07, 6.45) is 1.43. The van der Waals surface area contributed by atoms with Crippen LogP contribution in [-0.4, -0.2) is 49.2 Å². The molecular weight excluding hydrogens is 306 g/mol. The Morgan fingerprint density at radius 3 is 2.62 bits per heavy atom. The highest BCUT2D eigenvalue weighted by Crippen LogP contribution is 2.11. The van der Waals surface area contributed by atoms with Gasteiger partial charge in [0.15, 0.2) is 0 Å². The van der Waals surface area contributed by atoms with E-state index in [0.29, 0.717) is 32.8 Å². The van der Waals surface area contributed by atoms with E-state index < -0.39 is 0 Å². The van der Waals surface area contributed by atoms with E-state index in [2.05, 4.69) is 10.6 Å². The largest absolute Gasteiger partial charge is 0.450 e. The summed E-state index contributed by atoms with van der Waals surface area (Å²) in [5, 5.41) is 6.21. The number of amides is 2. The Morgan fingerprint density at radius 1 is 1.25 bits per heavy atom. The summed E-state index contributed by atoms with van der Waals surface area (Å²) < 4.78 is 5.00. The third kappa shape index (κ3) is 5.53. The van der Waals surface area contributed by atoms with E-state index in [1.165, 1.54) is 5.56 Å². The lowest BCUT2D eigenvalue weighted by molar-refractivity contribution is -0.120. The Labute approximate surface area is 143 Å². The standard InChI is InChI=1S/C18H27N3O3/c1-3-24-18(23)21-10-8-16(9-11-21)19-13-17(22)20-12-15-7-5-4-6-14(15)2/h4-7,16,19H,3,8-13H2,1-2H3,(H,20,22). The van der Waals surface area contributed by atoms with E-state index in [-0.39, 0.29) is 18.0 Å². The van der Waals surface area contributed by atoms with Gasteiger partial charge < -0.3 is 20.3 Å². The second-order valence-electron chi connectivity index (χ2n) is 6.04. The minimum Gasteiger partial charge on any atom is -0.450 e. The van der Waals surface area contributed by atoms with Gasteiger partial charge in [-0.3, -0.25) is 4.79 Å². The Balaban J connectivity index is 1.64. The zero-order valence-corrected chi connectivity index (χ0v) is 14.5. The minimum absolute atomic E-state index is 0.00826. The summed E-state index contributed by atoms with van der Waals surface area (Å²) in [4.78, 5) is 25.3. The van der Waals surface area contributed by atoms with Crippen LogP contribution in [-0.2, 0) is 16.1 Å². The number of nitrogens with one attached hydrogen (secondary N) is 2. The van der Waals surface area contributed by atoms with Gasteiger partial charge in [-0.15, -0.1) is 0 Å². The number of carbonyl (C=O) groups excluding carboxylic acids is 2. The summed E-state index contributed by atoms with van der Waals surface area (Å²) >= 11 is 0. The van der Waals surface area contributed by atoms with E-state index in [0.717, 1.165) is 18.4 Å². The maximum Gasteiger partial charge on any atom is 0.409 e. The molecule has 1 aliphatic rings. The summed E-state index contributed by atoms with van der Waals surface area (Å²) in [6.45, 7) is 6.43. The highest BCUT2D eigenvalue weighted by atomic mass is 16.6. The van der Waals surface area contributed by atoms with Crippen LogP contribution < -0.4 is 10.6 Å². The lowest BCUT2D eigenvalue weighted by atomic mass is 10.1. The van der Waals surface area contributed by atoms with Gasteiger partial charge in [-0.2, -0.15) is 0 Å². The lowest BCUT2D eigenvalue weighted by Crippen LogP contribution is -2.47. The average molecular weight is 333 g/mol. The van der Waals surface area contributed by atoms with Gasteiger partial charge in [-0.25, -0.2) is 4.79 Å². The Kier molecular flexibility index (Phi) is 7.06. The maximum atomic E-state index is 12.0. The molecule has 0 spiro atoms. The smallest absolute Gasteiger partial charge is 0.409 e. The first-order chi connectivity index (χ1) is 11.6. The van der Waals surface area contributed by atoms with E-state index in [1.54, 1.807) is 4.90 Å². The van der Waals surface area contributed by atoms with E-state index in [1.807, 2.05) is 38.1 Å². The first-order valence-corrected chi connectivity index (χ1v) is 8.56. The molecule has 1 aromatic rings. The maximum absolute atomic E-state index is 12.0. The molecule has 2 N–H and O–H groups in total. The molecule has 0 saturated carbocycles. The molecule has 1 aromatic carbocycles. The molecule has 0 atom stereocenters. The number of carbonyl (C=O) groups is 2. The molecule has 1 saturated heterocycles. The average Bonchev–Trinajstić information content (AvgIpc) is 2.60. The molecule has 1 aliphatic heterocycles. The van der Waals surface area contributed by atoms with E-state index >= 15 is 0 Å². The SMILES string of the molecule is CCOC(=O)N1CCC(NCC(=O)NCc2ccccc2C)CC1. The van der Waals surface area contributed by atoms with Gasteiger partial charge in [-0.1, -0.05) is 24.3 Å². The summed E-state index contributed by atoms with van der Waals surface area (Å²) in [7, 11) is 0. The molecular formula is C18H27N3O3. The van der Waals surface area contributed by atoms with Crippen molar-refractivity contribution in [2.24, 2.45) is 0 Å². The van der Waals surface area contributed by atoms with E-state index in [4.69, 9.17) is 4.74 Å². The Morgan fingerprint density at radius 2 is 1.96 bits per heavy atom. The number of nitrogens with zero attached hydrogens (tertiary/aromatic N) is 1. The number of aryl methyl sites for hydroxylation is 1. The number of benzene rings is 1. The fraction of sp³-hybridized carbons (Fsp3) is 0.556. The second-order valence-corrected chi connectivity index (χ2v) is 6.04. The van der Waals surface area contributed by atoms with Crippen LogP contribution in [0.4, 0.5) is 4.79 Å². The van der Waals surface area contributed by atoms with Gasteiger partial charge >= 0.3 is 6.09 Å². The van der Waals surface area contributed by atoms with Crippen LogP contribution in [0.2, 0.25) is 0 Å². The third-order valence-corrected chi connectivity index (χ3v) is 4.31. The molecule has 1 fully saturated rings. The van der Waals surface area contributed by atoms with Crippen LogP contribution >= 0.6 is 0 Å². The van der Waals surface area contributed by atoms with Gasteiger partial charge in [0.25, 0.3) is 0 Å². The highest BCUT2D eigenvalue weighted by molar-refractivity contribution is 5.78. The van der Waals surface area contributed by atoms with Crippen molar-refractivity contribution in [1.82, 2.24) is 15.5 Å². The number of hydrogen-bond donors (Lipinski definition) is 2. The fourth-order valence-corrected chi connectivity index (χ4v) is 2.78. The van der Waals surface area contributed by atoms with Crippen molar-refractivity contribution in [2.45, 2.75) is 39.3 Å². The molecule has 0 bridgehead atoms. The van der Waals surface area contributed by atoms with Gasteiger partial charge in [0.05, 0.1) is 13.2 Å². The van der Waals surface area contributed by atoms with Crippen molar-refractivity contribution in [3.63, 3.8) is 0 Å². The van der Waals surface area contributed by atoms with Gasteiger partial charge in [-0.05, 0) is 37.8 Å². The molecule has 6 nitrogen and oxygen atoms in total. The normalized spacial score (nSPS) is 15.2. The molecule has 2 amide bonds. The summed E-state index contributed by atoms with van der Waals surface area (Å²) in [6, 6.07) is 8.29. The van der Waals surface area contributed by atoms with E-state index in [9.17, 15) is 9.59 Å². The highest BCUT2D eigenvalue weighted by Gasteiger charge is 2.23. The van der Waals surface area contributed by atoms with Crippen LogP contribution in [0.25, 0.3) is 0 Å². The van der Waals surface area contributed by atoms with Crippen molar-refractivity contribution in [3.05, 3.63) is 35.4 Å². The zero-order valence-electron chi connectivity index (χ0n) is 14.5. The third-order valence-electron chi connectivity index (χ3n) is 4.31.